The molecule has 0 radical (unpaired) electrons. The van der Waals surface area contributed by atoms with Gasteiger partial charge < -0.3 is 9.47 Å². The summed E-state index contributed by atoms with van der Waals surface area (Å²) in [5.74, 6) is -1.61. The molecule has 2 rings (SSSR count). The van der Waals surface area contributed by atoms with Crippen LogP contribution in [0.15, 0.2) is 48.5 Å². The molecule has 27 heavy (non-hydrogen) atoms. The minimum absolute atomic E-state index is 0.0302. The molecule has 0 fully saturated rings. The topological polar surface area (TPSA) is 81.7 Å². The van der Waals surface area contributed by atoms with Crippen LogP contribution in [0.5, 0.6) is 5.75 Å². The number of para-hydroxylation sites is 1. The predicted octanol–water partition coefficient (Wildman–Crippen LogP) is 3.11. The third kappa shape index (κ3) is 5.41. The number of methoxy groups -OCH3 is 1. The fraction of sp³-hybridized carbons (Fsp3) is 0.286. The number of nitrogens with one attached hydrogen (secondary N) is 1. The summed E-state index contributed by atoms with van der Waals surface area (Å²) in [6.45, 7) is 5.65. The molecule has 0 aliphatic heterocycles. The Hall–Kier alpha value is -3.15. The molecule has 0 aliphatic carbocycles. The first-order valence-corrected chi connectivity index (χ1v) is 8.47. The molecule has 0 atom stereocenters. The zero-order valence-corrected chi connectivity index (χ0v) is 15.9. The van der Waals surface area contributed by atoms with Crippen molar-refractivity contribution in [3.05, 3.63) is 65.2 Å². The molecule has 2 amide bonds. The van der Waals surface area contributed by atoms with E-state index in [1.54, 1.807) is 30.3 Å². The van der Waals surface area contributed by atoms with Crippen molar-refractivity contribution >= 4 is 17.8 Å². The molecule has 6 heteroatoms. The summed E-state index contributed by atoms with van der Waals surface area (Å²) >= 11 is 0. The molecule has 0 spiro atoms. The number of esters is 1. The van der Waals surface area contributed by atoms with Gasteiger partial charge in [0.2, 0.25) is 0 Å². The maximum absolute atomic E-state index is 12.1. The molecule has 0 bridgehead atoms. The van der Waals surface area contributed by atoms with Gasteiger partial charge in [-0.25, -0.2) is 4.79 Å². The van der Waals surface area contributed by atoms with Crippen LogP contribution in [0.3, 0.4) is 0 Å². The number of benzene rings is 2. The summed E-state index contributed by atoms with van der Waals surface area (Å²) in [6.07, 6.45) is 0. The summed E-state index contributed by atoms with van der Waals surface area (Å²) in [7, 11) is 1.43. The van der Waals surface area contributed by atoms with Crippen molar-refractivity contribution in [2.75, 3.05) is 13.7 Å². The Morgan fingerprint density at radius 1 is 0.963 bits per heavy atom. The van der Waals surface area contributed by atoms with Crippen LogP contribution in [0.4, 0.5) is 0 Å². The average molecular weight is 369 g/mol. The standard InChI is InChI=1S/C21H23NO5/c1-21(2,3)15-11-9-14(10-12-15)19(24)22-18(23)13-27-20(25)16-7-5-6-8-17(16)26-4/h5-12H,13H2,1-4H3,(H,22,23,24). The molecule has 6 nitrogen and oxygen atoms in total. The van der Waals surface area contributed by atoms with Crippen molar-refractivity contribution in [2.45, 2.75) is 26.2 Å². The van der Waals surface area contributed by atoms with Gasteiger partial charge in [-0.15, -0.1) is 0 Å². The number of carbonyl (C=O) groups excluding carboxylic acids is 3. The normalized spacial score (nSPS) is 10.8. The molecule has 2 aromatic carbocycles. The number of hydrogen-bond acceptors (Lipinski definition) is 5. The van der Waals surface area contributed by atoms with Gasteiger partial charge in [0.1, 0.15) is 11.3 Å². The third-order valence-corrected chi connectivity index (χ3v) is 3.93. The number of carbonyl (C=O) groups is 3. The molecule has 2 aromatic rings. The van der Waals surface area contributed by atoms with E-state index in [1.165, 1.54) is 13.2 Å². The summed E-state index contributed by atoms with van der Waals surface area (Å²) in [5.41, 5.74) is 1.61. The monoisotopic (exact) mass is 369 g/mol. The van der Waals surface area contributed by atoms with Crippen LogP contribution < -0.4 is 10.1 Å². The fourth-order valence-electron chi connectivity index (χ4n) is 2.38. The van der Waals surface area contributed by atoms with Crippen molar-refractivity contribution in [1.82, 2.24) is 5.32 Å². The van der Waals surface area contributed by atoms with Crippen molar-refractivity contribution in [3.63, 3.8) is 0 Å². The minimum Gasteiger partial charge on any atom is -0.496 e. The number of hydrogen-bond donors (Lipinski definition) is 1. The Balaban J connectivity index is 1.91. The second-order valence-electron chi connectivity index (χ2n) is 6.98. The van der Waals surface area contributed by atoms with E-state index in [0.29, 0.717) is 11.3 Å². The van der Waals surface area contributed by atoms with Crippen LogP contribution in [0.25, 0.3) is 0 Å². The SMILES string of the molecule is COc1ccccc1C(=O)OCC(=O)NC(=O)c1ccc(C(C)(C)C)cc1. The van der Waals surface area contributed by atoms with E-state index >= 15 is 0 Å². The molecule has 0 unspecified atom stereocenters. The molecule has 0 aromatic heterocycles. The molecular formula is C21H23NO5. The van der Waals surface area contributed by atoms with Crippen molar-refractivity contribution in [1.29, 1.82) is 0 Å². The Bertz CT molecular complexity index is 834. The maximum atomic E-state index is 12.1. The lowest BCUT2D eigenvalue weighted by Crippen LogP contribution is -2.34. The van der Waals surface area contributed by atoms with Gasteiger partial charge in [0, 0.05) is 5.56 Å². The quantitative estimate of drug-likeness (QED) is 0.819. The Morgan fingerprint density at radius 2 is 1.59 bits per heavy atom. The highest BCUT2D eigenvalue weighted by molar-refractivity contribution is 6.05. The van der Waals surface area contributed by atoms with Gasteiger partial charge in [0.25, 0.3) is 11.8 Å². The van der Waals surface area contributed by atoms with Crippen LogP contribution in [0.1, 0.15) is 47.1 Å². The average Bonchev–Trinajstić information content (AvgIpc) is 2.65. The van der Waals surface area contributed by atoms with E-state index in [0.717, 1.165) is 5.56 Å². The van der Waals surface area contributed by atoms with E-state index < -0.39 is 24.4 Å². The smallest absolute Gasteiger partial charge is 0.342 e. The molecular weight excluding hydrogens is 346 g/mol. The summed E-state index contributed by atoms with van der Waals surface area (Å²) < 4.78 is 10.0. The van der Waals surface area contributed by atoms with E-state index in [1.807, 2.05) is 12.1 Å². The second kappa shape index (κ2) is 8.49. The van der Waals surface area contributed by atoms with Gasteiger partial charge in [-0.05, 0) is 35.2 Å². The Morgan fingerprint density at radius 3 is 2.19 bits per heavy atom. The van der Waals surface area contributed by atoms with Crippen LogP contribution in [-0.4, -0.2) is 31.5 Å². The Kier molecular flexibility index (Phi) is 6.34. The fourth-order valence-corrected chi connectivity index (χ4v) is 2.38. The van der Waals surface area contributed by atoms with Crippen LogP contribution in [-0.2, 0) is 14.9 Å². The largest absolute Gasteiger partial charge is 0.496 e. The van der Waals surface area contributed by atoms with Gasteiger partial charge in [0.15, 0.2) is 6.61 Å². The van der Waals surface area contributed by atoms with Gasteiger partial charge in [-0.1, -0.05) is 45.0 Å². The first-order valence-electron chi connectivity index (χ1n) is 8.47. The number of rotatable bonds is 5. The second-order valence-corrected chi connectivity index (χ2v) is 6.98. The van der Waals surface area contributed by atoms with Crippen LogP contribution in [0, 0.1) is 0 Å². The van der Waals surface area contributed by atoms with E-state index in [-0.39, 0.29) is 11.0 Å². The molecule has 0 aliphatic rings. The molecule has 0 saturated heterocycles. The van der Waals surface area contributed by atoms with Gasteiger partial charge >= 0.3 is 5.97 Å². The van der Waals surface area contributed by atoms with Gasteiger partial charge in [-0.2, -0.15) is 0 Å². The predicted molar refractivity (Wildman–Crippen MR) is 101 cm³/mol. The summed E-state index contributed by atoms with van der Waals surface area (Å²) in [4.78, 5) is 36.1. The molecule has 142 valence electrons. The number of imide groups is 1. The molecule has 0 heterocycles. The molecule has 1 N–H and O–H groups in total. The van der Waals surface area contributed by atoms with Crippen molar-refractivity contribution in [2.24, 2.45) is 0 Å². The minimum atomic E-state index is -0.705. The highest BCUT2D eigenvalue weighted by Gasteiger charge is 2.17. The van der Waals surface area contributed by atoms with Crippen molar-refractivity contribution in [3.8, 4) is 5.75 Å². The number of amides is 2. The first-order chi connectivity index (χ1) is 12.7. The van der Waals surface area contributed by atoms with E-state index in [9.17, 15) is 14.4 Å². The maximum Gasteiger partial charge on any atom is 0.342 e. The highest BCUT2D eigenvalue weighted by atomic mass is 16.5. The van der Waals surface area contributed by atoms with Gasteiger partial charge in [-0.3, -0.25) is 14.9 Å². The van der Waals surface area contributed by atoms with Crippen LogP contribution >= 0.6 is 0 Å². The first kappa shape index (κ1) is 20.2. The summed E-state index contributed by atoms with van der Waals surface area (Å²) in [5, 5.41) is 2.20. The summed E-state index contributed by atoms with van der Waals surface area (Å²) in [6, 6.07) is 13.5. The Labute approximate surface area is 158 Å². The van der Waals surface area contributed by atoms with E-state index in [4.69, 9.17) is 9.47 Å². The van der Waals surface area contributed by atoms with E-state index in [2.05, 4.69) is 26.1 Å². The highest BCUT2D eigenvalue weighted by Crippen LogP contribution is 2.22. The zero-order valence-electron chi connectivity index (χ0n) is 15.9. The lowest BCUT2D eigenvalue weighted by Gasteiger charge is -2.19. The zero-order chi connectivity index (χ0) is 20.0. The molecule has 0 saturated carbocycles. The lowest BCUT2D eigenvalue weighted by molar-refractivity contribution is -0.123. The van der Waals surface area contributed by atoms with Crippen LogP contribution in [0.2, 0.25) is 0 Å². The number of ether oxygens (including phenoxy) is 2. The lowest BCUT2D eigenvalue weighted by atomic mass is 9.87. The van der Waals surface area contributed by atoms with Gasteiger partial charge in [0.05, 0.1) is 7.11 Å². The van der Waals surface area contributed by atoms with Crippen molar-refractivity contribution < 1.29 is 23.9 Å². The third-order valence-electron chi connectivity index (χ3n) is 3.93.